The Bertz CT molecular complexity index is 916. The number of imidazole rings is 1. The summed E-state index contributed by atoms with van der Waals surface area (Å²) in [7, 11) is 0. The van der Waals surface area contributed by atoms with Gasteiger partial charge in [0, 0.05) is 17.4 Å². The van der Waals surface area contributed by atoms with E-state index < -0.39 is 0 Å². The minimum Gasteiger partial charge on any atom is -0.444 e. The average molecular weight is 391 g/mol. The summed E-state index contributed by atoms with van der Waals surface area (Å²) >= 11 is 7.56. The van der Waals surface area contributed by atoms with E-state index in [9.17, 15) is 4.79 Å². The normalized spacial score (nSPS) is 10.9. The molecule has 0 fully saturated rings. The van der Waals surface area contributed by atoms with Gasteiger partial charge in [0.1, 0.15) is 5.76 Å². The summed E-state index contributed by atoms with van der Waals surface area (Å²) in [6.07, 6.45) is 3.57. The highest BCUT2D eigenvalue weighted by atomic mass is 35.5. The number of amides is 1. The van der Waals surface area contributed by atoms with Gasteiger partial charge in [-0.05, 0) is 38.5 Å². The van der Waals surface area contributed by atoms with E-state index in [-0.39, 0.29) is 18.2 Å². The number of thioether (sulfide) groups is 1. The first-order chi connectivity index (χ1) is 12.5. The fourth-order valence-corrected chi connectivity index (χ4v) is 3.37. The first-order valence-corrected chi connectivity index (χ1v) is 9.43. The van der Waals surface area contributed by atoms with Gasteiger partial charge in [-0.1, -0.05) is 29.4 Å². The number of carbonyl (C=O) groups is 1. The van der Waals surface area contributed by atoms with Crippen LogP contribution in [-0.4, -0.2) is 26.2 Å². The monoisotopic (exact) mass is 390 g/mol. The summed E-state index contributed by atoms with van der Waals surface area (Å²) < 4.78 is 7.39. The Kier molecular flexibility index (Phi) is 5.68. The lowest BCUT2D eigenvalue weighted by Gasteiger charge is -2.11. The van der Waals surface area contributed by atoms with Gasteiger partial charge in [0.25, 0.3) is 0 Å². The summed E-state index contributed by atoms with van der Waals surface area (Å²) in [5.74, 6) is 1.41. The Morgan fingerprint density at radius 3 is 2.88 bits per heavy atom. The van der Waals surface area contributed by atoms with Crippen LogP contribution in [0.15, 0.2) is 40.2 Å². The highest BCUT2D eigenvalue weighted by Crippen LogP contribution is 2.26. The lowest BCUT2D eigenvalue weighted by Crippen LogP contribution is -2.24. The first kappa shape index (κ1) is 18.5. The Balaban J connectivity index is 1.61. The van der Waals surface area contributed by atoms with Crippen molar-refractivity contribution in [3.8, 4) is 5.69 Å². The molecule has 136 valence electrons. The van der Waals surface area contributed by atoms with Crippen molar-refractivity contribution in [3.63, 3.8) is 0 Å². The molecule has 0 aliphatic rings. The van der Waals surface area contributed by atoms with Crippen LogP contribution in [0.5, 0.6) is 0 Å². The molecule has 0 aliphatic heterocycles. The quantitative estimate of drug-likeness (QED) is 0.647. The van der Waals surface area contributed by atoms with Crippen molar-refractivity contribution in [2.24, 2.45) is 0 Å². The second kappa shape index (κ2) is 7.97. The topological polar surface area (TPSA) is 73.0 Å². The molecular formula is C18H19ClN4O2S. The summed E-state index contributed by atoms with van der Waals surface area (Å²) in [6, 6.07) is 5.72. The molecule has 1 amide bonds. The van der Waals surface area contributed by atoms with E-state index in [1.54, 1.807) is 6.20 Å². The maximum atomic E-state index is 12.1. The molecule has 0 radical (unpaired) electrons. The van der Waals surface area contributed by atoms with Gasteiger partial charge in [-0.25, -0.2) is 9.97 Å². The molecule has 1 N–H and O–H groups in total. The van der Waals surface area contributed by atoms with Crippen molar-refractivity contribution in [3.05, 3.63) is 58.5 Å². The molecule has 0 unspecified atom stereocenters. The van der Waals surface area contributed by atoms with Crippen LogP contribution in [-0.2, 0) is 11.3 Å². The predicted molar refractivity (Wildman–Crippen MR) is 102 cm³/mol. The van der Waals surface area contributed by atoms with Gasteiger partial charge in [-0.3, -0.25) is 9.36 Å². The van der Waals surface area contributed by atoms with Crippen molar-refractivity contribution >= 4 is 29.3 Å². The zero-order valence-corrected chi connectivity index (χ0v) is 16.3. The fraction of sp³-hybridized carbons (Fsp3) is 0.278. The molecule has 0 atom stereocenters. The van der Waals surface area contributed by atoms with Crippen LogP contribution in [0, 0.1) is 20.8 Å². The second-order valence-electron chi connectivity index (χ2n) is 5.78. The van der Waals surface area contributed by atoms with E-state index in [2.05, 4.69) is 15.3 Å². The van der Waals surface area contributed by atoms with Gasteiger partial charge < -0.3 is 9.73 Å². The third-order valence-corrected chi connectivity index (χ3v) is 5.32. The Morgan fingerprint density at radius 2 is 2.15 bits per heavy atom. The van der Waals surface area contributed by atoms with E-state index in [1.807, 2.05) is 49.7 Å². The zero-order chi connectivity index (χ0) is 18.7. The van der Waals surface area contributed by atoms with Crippen LogP contribution in [0.3, 0.4) is 0 Å². The van der Waals surface area contributed by atoms with Crippen LogP contribution in [0.4, 0.5) is 0 Å². The van der Waals surface area contributed by atoms with E-state index in [0.29, 0.717) is 10.9 Å². The van der Waals surface area contributed by atoms with Gasteiger partial charge in [-0.2, -0.15) is 0 Å². The number of aryl methyl sites for hydroxylation is 2. The smallest absolute Gasteiger partial charge is 0.230 e. The van der Waals surface area contributed by atoms with E-state index in [0.717, 1.165) is 27.9 Å². The van der Waals surface area contributed by atoms with Crippen molar-refractivity contribution < 1.29 is 9.21 Å². The number of oxazole rings is 1. The fourth-order valence-electron chi connectivity index (χ4n) is 2.41. The third-order valence-electron chi connectivity index (χ3n) is 3.95. The summed E-state index contributed by atoms with van der Waals surface area (Å²) in [5.41, 5.74) is 2.75. The number of carbonyl (C=O) groups excluding carboxylic acids is 1. The van der Waals surface area contributed by atoms with E-state index >= 15 is 0 Å². The minimum atomic E-state index is -0.110. The number of halogens is 1. The molecule has 2 heterocycles. The highest BCUT2D eigenvalue weighted by molar-refractivity contribution is 7.99. The molecule has 1 aromatic carbocycles. The molecule has 0 aliphatic carbocycles. The number of hydrogen-bond donors (Lipinski definition) is 1. The van der Waals surface area contributed by atoms with Crippen molar-refractivity contribution in [2.75, 3.05) is 5.75 Å². The van der Waals surface area contributed by atoms with E-state index in [1.165, 1.54) is 11.8 Å². The molecule has 26 heavy (non-hydrogen) atoms. The summed E-state index contributed by atoms with van der Waals surface area (Å²) in [5, 5.41) is 4.23. The maximum Gasteiger partial charge on any atom is 0.230 e. The largest absolute Gasteiger partial charge is 0.444 e. The van der Waals surface area contributed by atoms with Crippen molar-refractivity contribution in [2.45, 2.75) is 32.5 Å². The SMILES string of the molecule is Cc1nc(CNC(=O)CSc2nccn2-c2cccc(Cl)c2C)oc1C. The Labute approximate surface area is 161 Å². The molecule has 0 saturated carbocycles. The Hall–Kier alpha value is -2.25. The molecule has 3 aromatic rings. The molecule has 0 spiro atoms. The number of aromatic nitrogens is 3. The molecule has 3 rings (SSSR count). The molecule has 0 bridgehead atoms. The number of benzene rings is 1. The predicted octanol–water partition coefficient (Wildman–Crippen LogP) is 3.85. The number of nitrogens with zero attached hydrogens (tertiary/aromatic N) is 3. The minimum absolute atomic E-state index is 0.110. The van der Waals surface area contributed by atoms with Gasteiger partial charge >= 0.3 is 0 Å². The number of hydrogen-bond acceptors (Lipinski definition) is 5. The highest BCUT2D eigenvalue weighted by Gasteiger charge is 2.12. The summed E-state index contributed by atoms with van der Waals surface area (Å²) in [4.78, 5) is 20.7. The molecule has 0 saturated heterocycles. The standard InChI is InChI=1S/C18H19ClN4O2S/c1-11-14(19)5-4-6-15(11)23-8-7-20-18(23)26-10-16(24)21-9-17-22-12(2)13(3)25-17/h4-8H,9-10H2,1-3H3,(H,21,24). The lowest BCUT2D eigenvalue weighted by atomic mass is 10.2. The molecule has 6 nitrogen and oxygen atoms in total. The first-order valence-electron chi connectivity index (χ1n) is 8.07. The van der Waals surface area contributed by atoms with Crippen LogP contribution in [0.25, 0.3) is 5.69 Å². The number of rotatable bonds is 6. The van der Waals surface area contributed by atoms with Crippen molar-refractivity contribution in [1.29, 1.82) is 0 Å². The van der Waals surface area contributed by atoms with E-state index in [4.69, 9.17) is 16.0 Å². The number of nitrogens with one attached hydrogen (secondary N) is 1. The zero-order valence-electron chi connectivity index (χ0n) is 14.7. The Morgan fingerprint density at radius 1 is 1.35 bits per heavy atom. The van der Waals surface area contributed by atoms with Crippen LogP contribution in [0.2, 0.25) is 5.02 Å². The van der Waals surface area contributed by atoms with Gasteiger partial charge in [-0.15, -0.1) is 0 Å². The third kappa shape index (κ3) is 4.11. The van der Waals surface area contributed by atoms with Gasteiger partial charge in [0.15, 0.2) is 5.16 Å². The summed E-state index contributed by atoms with van der Waals surface area (Å²) in [6.45, 7) is 5.95. The van der Waals surface area contributed by atoms with Crippen LogP contribution >= 0.6 is 23.4 Å². The molecule has 8 heteroatoms. The average Bonchev–Trinajstić information content (AvgIpc) is 3.20. The van der Waals surface area contributed by atoms with Crippen molar-refractivity contribution in [1.82, 2.24) is 19.9 Å². The maximum absolute atomic E-state index is 12.1. The van der Waals surface area contributed by atoms with Crippen LogP contribution in [0.1, 0.15) is 22.9 Å². The van der Waals surface area contributed by atoms with Crippen LogP contribution < -0.4 is 5.32 Å². The lowest BCUT2D eigenvalue weighted by molar-refractivity contribution is -0.118. The molecular weight excluding hydrogens is 372 g/mol. The molecule has 2 aromatic heterocycles. The second-order valence-corrected chi connectivity index (χ2v) is 7.13. The van der Waals surface area contributed by atoms with Gasteiger partial charge in [0.05, 0.1) is 23.7 Å². The van der Waals surface area contributed by atoms with Gasteiger partial charge in [0.2, 0.25) is 11.8 Å².